The van der Waals surface area contributed by atoms with Crippen molar-refractivity contribution in [2.75, 3.05) is 0 Å². The Bertz CT molecular complexity index is 3860. The van der Waals surface area contributed by atoms with Crippen molar-refractivity contribution in [3.63, 3.8) is 0 Å². The molecule has 0 amide bonds. The van der Waals surface area contributed by atoms with Gasteiger partial charge in [-0.05, 0) is 81.2 Å². The number of fused-ring (bicyclic) bond motifs is 10. The standard InChI is InChI=1S/C56H34N4S/c1-4-16-36(17-5-1)51-34-47-53(37-18-6-2-7-19-37)57-56(58-55(47)61-51)60-48-29-28-40(32-45(48)46-31-38-20-10-11-21-39(38)33-50(46)60)43-25-14-26-44-52-42-24-13-12-15-35(42)27-30-49(52)59(54(43)44)41-22-8-3-9-23-41/h1-34H. The van der Waals surface area contributed by atoms with Crippen molar-refractivity contribution >= 4 is 86.7 Å². The summed E-state index contributed by atoms with van der Waals surface area (Å²) in [5, 5.41) is 10.8. The molecule has 0 aliphatic carbocycles. The van der Waals surface area contributed by atoms with E-state index in [1.54, 1.807) is 11.3 Å². The molecular formula is C56H34N4S. The summed E-state index contributed by atoms with van der Waals surface area (Å²) in [5.74, 6) is 0.661. The van der Waals surface area contributed by atoms with Crippen LogP contribution in [0.1, 0.15) is 0 Å². The molecule has 0 atom stereocenters. The molecule has 4 nitrogen and oxygen atoms in total. The Morgan fingerprint density at radius 3 is 1.84 bits per heavy atom. The number of nitrogens with zero attached hydrogens (tertiary/aromatic N) is 4. The van der Waals surface area contributed by atoms with Crippen LogP contribution in [0.4, 0.5) is 0 Å². The van der Waals surface area contributed by atoms with Crippen LogP contribution in [-0.2, 0) is 0 Å². The summed E-state index contributed by atoms with van der Waals surface area (Å²) >= 11 is 1.72. The molecule has 4 aromatic heterocycles. The summed E-state index contributed by atoms with van der Waals surface area (Å²) in [6, 6.07) is 74.4. The number of hydrogen-bond acceptors (Lipinski definition) is 3. The van der Waals surface area contributed by atoms with Gasteiger partial charge in [-0.15, -0.1) is 11.3 Å². The van der Waals surface area contributed by atoms with Crippen LogP contribution < -0.4 is 0 Å². The Labute approximate surface area is 354 Å². The highest BCUT2D eigenvalue weighted by Crippen LogP contribution is 2.44. The first kappa shape index (κ1) is 34.0. The van der Waals surface area contributed by atoms with Crippen LogP contribution in [0.25, 0.3) is 120 Å². The molecule has 0 radical (unpaired) electrons. The van der Waals surface area contributed by atoms with Crippen LogP contribution in [0.3, 0.4) is 0 Å². The number of hydrogen-bond donors (Lipinski definition) is 0. The van der Waals surface area contributed by atoms with E-state index >= 15 is 0 Å². The van der Waals surface area contributed by atoms with E-state index in [0.29, 0.717) is 5.95 Å². The van der Waals surface area contributed by atoms with Crippen molar-refractivity contribution in [2.45, 2.75) is 0 Å². The molecule has 0 fully saturated rings. The zero-order valence-corrected chi connectivity index (χ0v) is 33.6. The lowest BCUT2D eigenvalue weighted by atomic mass is 9.98. The van der Waals surface area contributed by atoms with Gasteiger partial charge in [0.25, 0.3) is 0 Å². The molecule has 61 heavy (non-hydrogen) atoms. The molecule has 284 valence electrons. The molecule has 0 aliphatic rings. The molecule has 13 rings (SSSR count). The topological polar surface area (TPSA) is 35.6 Å². The van der Waals surface area contributed by atoms with Crippen LogP contribution in [0.15, 0.2) is 206 Å². The van der Waals surface area contributed by atoms with Gasteiger partial charge in [0.1, 0.15) is 4.83 Å². The highest BCUT2D eigenvalue weighted by atomic mass is 32.1. The van der Waals surface area contributed by atoms with Crippen LogP contribution >= 0.6 is 11.3 Å². The molecule has 4 heterocycles. The zero-order valence-electron chi connectivity index (χ0n) is 32.8. The first-order chi connectivity index (χ1) is 30.2. The molecule has 0 unspecified atom stereocenters. The molecule has 0 N–H and O–H groups in total. The molecule has 0 spiro atoms. The predicted octanol–water partition coefficient (Wildman–Crippen LogP) is 15.2. The Morgan fingerprint density at radius 1 is 0.377 bits per heavy atom. The summed E-state index contributed by atoms with van der Waals surface area (Å²) in [6.07, 6.45) is 0. The molecular weight excluding hydrogens is 761 g/mol. The van der Waals surface area contributed by atoms with Gasteiger partial charge in [-0.3, -0.25) is 4.57 Å². The van der Waals surface area contributed by atoms with Crippen molar-refractivity contribution in [2.24, 2.45) is 0 Å². The molecule has 0 aliphatic heterocycles. The lowest BCUT2D eigenvalue weighted by Crippen LogP contribution is -2.02. The second-order valence-corrected chi connectivity index (χ2v) is 16.8. The lowest BCUT2D eigenvalue weighted by molar-refractivity contribution is 1.02. The van der Waals surface area contributed by atoms with E-state index < -0.39 is 0 Å². The first-order valence-corrected chi connectivity index (χ1v) is 21.5. The van der Waals surface area contributed by atoms with Gasteiger partial charge in [0.15, 0.2) is 0 Å². The Hall–Kier alpha value is -7.86. The van der Waals surface area contributed by atoms with Crippen molar-refractivity contribution in [1.29, 1.82) is 0 Å². The normalized spacial score (nSPS) is 11.9. The van der Waals surface area contributed by atoms with Gasteiger partial charge < -0.3 is 4.57 Å². The largest absolute Gasteiger partial charge is 0.309 e. The van der Waals surface area contributed by atoms with Crippen molar-refractivity contribution < 1.29 is 0 Å². The van der Waals surface area contributed by atoms with E-state index in [1.165, 1.54) is 64.7 Å². The number of benzene rings is 9. The van der Waals surface area contributed by atoms with Gasteiger partial charge in [0.05, 0.1) is 27.8 Å². The summed E-state index contributed by atoms with van der Waals surface area (Å²) in [5.41, 5.74) is 11.2. The monoisotopic (exact) mass is 794 g/mol. The predicted molar refractivity (Wildman–Crippen MR) is 257 cm³/mol. The average Bonchev–Trinajstić information content (AvgIpc) is 4.01. The fraction of sp³-hybridized carbons (Fsp3) is 0. The minimum absolute atomic E-state index is 0.661. The minimum atomic E-state index is 0.661. The highest BCUT2D eigenvalue weighted by molar-refractivity contribution is 7.21. The van der Waals surface area contributed by atoms with Gasteiger partial charge in [-0.2, -0.15) is 0 Å². The quantitative estimate of drug-likeness (QED) is 0.174. The van der Waals surface area contributed by atoms with Crippen LogP contribution in [0.5, 0.6) is 0 Å². The Balaban J connectivity index is 1.10. The van der Waals surface area contributed by atoms with E-state index in [2.05, 4.69) is 215 Å². The van der Waals surface area contributed by atoms with Gasteiger partial charge in [-0.25, -0.2) is 9.97 Å². The van der Waals surface area contributed by atoms with Crippen LogP contribution in [0, 0.1) is 0 Å². The fourth-order valence-electron chi connectivity index (χ4n) is 9.57. The zero-order chi connectivity index (χ0) is 40.0. The maximum absolute atomic E-state index is 5.47. The first-order valence-electron chi connectivity index (χ1n) is 20.7. The van der Waals surface area contributed by atoms with Gasteiger partial charge in [0.2, 0.25) is 5.95 Å². The third kappa shape index (κ3) is 5.24. The molecule has 13 aromatic rings. The van der Waals surface area contributed by atoms with E-state index in [-0.39, 0.29) is 0 Å². The van der Waals surface area contributed by atoms with Gasteiger partial charge in [0, 0.05) is 48.6 Å². The van der Waals surface area contributed by atoms with Gasteiger partial charge in [-0.1, -0.05) is 158 Å². The molecule has 0 saturated heterocycles. The van der Waals surface area contributed by atoms with Crippen molar-refractivity contribution in [1.82, 2.24) is 19.1 Å². The lowest BCUT2D eigenvalue weighted by Gasteiger charge is -2.12. The van der Waals surface area contributed by atoms with E-state index in [9.17, 15) is 0 Å². The van der Waals surface area contributed by atoms with E-state index in [0.717, 1.165) is 49.1 Å². The second kappa shape index (κ2) is 13.3. The molecule has 5 heteroatoms. The molecule has 0 bridgehead atoms. The maximum atomic E-state index is 5.47. The number of thiophene rings is 1. The van der Waals surface area contributed by atoms with Crippen LogP contribution in [0.2, 0.25) is 0 Å². The third-order valence-electron chi connectivity index (χ3n) is 12.3. The number of para-hydroxylation sites is 2. The van der Waals surface area contributed by atoms with Crippen molar-refractivity contribution in [3.8, 4) is 44.5 Å². The van der Waals surface area contributed by atoms with Crippen molar-refractivity contribution in [3.05, 3.63) is 206 Å². The fourth-order valence-corrected chi connectivity index (χ4v) is 10.6. The summed E-state index contributed by atoms with van der Waals surface area (Å²) in [7, 11) is 0. The Kier molecular flexibility index (Phi) is 7.44. The SMILES string of the molecule is c1ccc(-c2cc3c(-c4ccccc4)nc(-n4c5ccc(-c6cccc7c8c9ccccc9ccc8n(-c8ccccc8)c67)cc5c5cc6ccccc6cc54)nc3s2)cc1. The van der Waals surface area contributed by atoms with E-state index in [4.69, 9.17) is 9.97 Å². The van der Waals surface area contributed by atoms with Gasteiger partial charge >= 0.3 is 0 Å². The number of aromatic nitrogens is 4. The number of rotatable bonds is 5. The molecule has 0 saturated carbocycles. The highest BCUT2D eigenvalue weighted by Gasteiger charge is 2.22. The summed E-state index contributed by atoms with van der Waals surface area (Å²) < 4.78 is 4.73. The summed E-state index contributed by atoms with van der Waals surface area (Å²) in [6.45, 7) is 0. The minimum Gasteiger partial charge on any atom is -0.309 e. The molecule has 9 aromatic carbocycles. The average molecular weight is 795 g/mol. The maximum Gasteiger partial charge on any atom is 0.236 e. The second-order valence-electron chi connectivity index (χ2n) is 15.8. The van der Waals surface area contributed by atoms with E-state index in [1.807, 2.05) is 0 Å². The van der Waals surface area contributed by atoms with Crippen LogP contribution in [-0.4, -0.2) is 19.1 Å². The Morgan fingerprint density at radius 2 is 1.03 bits per heavy atom. The smallest absolute Gasteiger partial charge is 0.236 e. The summed E-state index contributed by atoms with van der Waals surface area (Å²) in [4.78, 5) is 13.0. The third-order valence-corrected chi connectivity index (χ3v) is 13.4.